The van der Waals surface area contributed by atoms with Crippen LogP contribution in [0.3, 0.4) is 0 Å². The molecule has 0 saturated heterocycles. The van der Waals surface area contributed by atoms with Crippen molar-refractivity contribution in [2.75, 3.05) is 5.32 Å². The molecule has 190 valence electrons. The van der Waals surface area contributed by atoms with E-state index in [1.165, 1.54) is 4.68 Å². The van der Waals surface area contributed by atoms with E-state index in [1.54, 1.807) is 26.1 Å². The number of ether oxygens (including phenoxy) is 2. The third-order valence-corrected chi connectivity index (χ3v) is 6.40. The zero-order chi connectivity index (χ0) is 25.7. The highest BCUT2D eigenvalue weighted by Gasteiger charge is 2.27. The molecule has 2 aromatic heterocycles. The normalized spacial score (nSPS) is 18.6. The smallest absolute Gasteiger partial charge is 0.413 e. The summed E-state index contributed by atoms with van der Waals surface area (Å²) in [4.78, 5) is 28.7. The Labute approximate surface area is 209 Å². The number of nitrogens with one attached hydrogen (secondary N) is 1. The van der Waals surface area contributed by atoms with Crippen LogP contribution in [-0.2, 0) is 16.6 Å². The molecule has 10 heteroatoms. The first kappa shape index (κ1) is 25.2. The van der Waals surface area contributed by atoms with Crippen molar-refractivity contribution < 1.29 is 24.2 Å². The molecule has 0 aliphatic heterocycles. The van der Waals surface area contributed by atoms with Crippen LogP contribution in [0.1, 0.15) is 56.4 Å². The number of anilines is 1. The first-order valence-electron chi connectivity index (χ1n) is 12.1. The van der Waals surface area contributed by atoms with Gasteiger partial charge < -0.3 is 14.6 Å². The van der Waals surface area contributed by atoms with Crippen molar-refractivity contribution in [1.29, 1.82) is 0 Å². The van der Waals surface area contributed by atoms with Gasteiger partial charge in [-0.2, -0.15) is 0 Å². The molecule has 3 atom stereocenters. The predicted molar refractivity (Wildman–Crippen MR) is 133 cm³/mol. The molecule has 1 aliphatic rings. The number of nitrogens with zero attached hydrogens (tertiary/aromatic N) is 4. The molecule has 2 heterocycles. The van der Waals surface area contributed by atoms with Gasteiger partial charge in [-0.3, -0.25) is 10.1 Å². The monoisotopic (exact) mass is 493 g/mol. The zero-order valence-corrected chi connectivity index (χ0v) is 20.7. The maximum atomic E-state index is 12.6. The van der Waals surface area contributed by atoms with Crippen molar-refractivity contribution in [1.82, 2.24) is 20.0 Å². The lowest BCUT2D eigenvalue weighted by Gasteiger charge is -2.20. The summed E-state index contributed by atoms with van der Waals surface area (Å²) in [6.07, 6.45) is 2.57. The molecule has 1 aromatic carbocycles. The Morgan fingerprint density at radius 3 is 2.61 bits per heavy atom. The number of pyridine rings is 1. The lowest BCUT2D eigenvalue weighted by Crippen LogP contribution is -2.23. The number of amides is 1. The fraction of sp³-hybridized carbons (Fsp3) is 0.423. The molecule has 2 unspecified atom stereocenters. The molecule has 2 N–H and O–H groups in total. The second-order valence-electron chi connectivity index (χ2n) is 9.07. The summed E-state index contributed by atoms with van der Waals surface area (Å²) in [7, 11) is 1.67. The second-order valence-corrected chi connectivity index (χ2v) is 9.07. The second kappa shape index (κ2) is 11.2. The minimum Gasteiger partial charge on any atom is -0.489 e. The number of aliphatic carboxylic acids is 1. The minimum atomic E-state index is -0.768. The van der Waals surface area contributed by atoms with E-state index in [4.69, 9.17) is 9.47 Å². The molecular weight excluding hydrogens is 462 g/mol. The highest BCUT2D eigenvalue weighted by molar-refractivity contribution is 5.88. The Hall–Kier alpha value is -3.95. The molecule has 10 nitrogen and oxygen atoms in total. The van der Waals surface area contributed by atoms with Crippen molar-refractivity contribution >= 4 is 17.9 Å². The lowest BCUT2D eigenvalue weighted by atomic mass is 9.99. The fourth-order valence-corrected chi connectivity index (χ4v) is 4.38. The number of rotatable bonds is 7. The zero-order valence-electron chi connectivity index (χ0n) is 20.7. The maximum Gasteiger partial charge on any atom is 0.413 e. The van der Waals surface area contributed by atoms with Crippen molar-refractivity contribution in [3.63, 3.8) is 0 Å². The van der Waals surface area contributed by atoms with Gasteiger partial charge in [0.15, 0.2) is 11.5 Å². The third-order valence-electron chi connectivity index (χ3n) is 6.40. The molecule has 1 amide bonds. The number of carbonyl (C=O) groups excluding carboxylic acids is 1. The number of carbonyl (C=O) groups is 2. The summed E-state index contributed by atoms with van der Waals surface area (Å²) in [6.45, 7) is 3.62. The topological polar surface area (TPSA) is 128 Å². The average molecular weight is 494 g/mol. The van der Waals surface area contributed by atoms with Crippen LogP contribution in [0.25, 0.3) is 11.4 Å². The van der Waals surface area contributed by atoms with Crippen LogP contribution in [0, 0.1) is 12.8 Å². The highest BCUT2D eigenvalue weighted by Crippen LogP contribution is 2.31. The molecule has 0 spiro atoms. The Balaban J connectivity index is 1.46. The SMILES string of the molecule is Cc1nc(-c2nnn(C)c2NC(=O)O[C@H](C)c2ccccc2)ccc1OC1CCCCC(C(=O)O)C1. The summed E-state index contributed by atoms with van der Waals surface area (Å²) < 4.78 is 13.1. The van der Waals surface area contributed by atoms with Gasteiger partial charge in [0.1, 0.15) is 11.9 Å². The van der Waals surface area contributed by atoms with Gasteiger partial charge in [-0.15, -0.1) is 5.10 Å². The van der Waals surface area contributed by atoms with Crippen LogP contribution >= 0.6 is 0 Å². The molecular formula is C26H31N5O5. The van der Waals surface area contributed by atoms with E-state index >= 15 is 0 Å². The van der Waals surface area contributed by atoms with E-state index in [-0.39, 0.29) is 12.0 Å². The Morgan fingerprint density at radius 1 is 1.14 bits per heavy atom. The van der Waals surface area contributed by atoms with Gasteiger partial charge >= 0.3 is 12.1 Å². The van der Waals surface area contributed by atoms with Crippen LogP contribution < -0.4 is 10.1 Å². The van der Waals surface area contributed by atoms with Crippen LogP contribution in [0.4, 0.5) is 10.6 Å². The quantitative estimate of drug-likeness (QED) is 0.444. The molecule has 1 aliphatic carbocycles. The minimum absolute atomic E-state index is 0.171. The molecule has 0 bridgehead atoms. The van der Waals surface area contributed by atoms with Gasteiger partial charge in [-0.25, -0.2) is 14.5 Å². The molecule has 1 fully saturated rings. The van der Waals surface area contributed by atoms with Gasteiger partial charge in [0.2, 0.25) is 0 Å². The van der Waals surface area contributed by atoms with Crippen molar-refractivity contribution in [2.24, 2.45) is 13.0 Å². The number of hydrogen-bond acceptors (Lipinski definition) is 7. The summed E-state index contributed by atoms with van der Waals surface area (Å²) in [5, 5.41) is 20.4. The van der Waals surface area contributed by atoms with E-state index < -0.39 is 18.2 Å². The maximum absolute atomic E-state index is 12.6. The van der Waals surface area contributed by atoms with Gasteiger partial charge in [-0.1, -0.05) is 42.0 Å². The largest absolute Gasteiger partial charge is 0.489 e. The fourth-order valence-electron chi connectivity index (χ4n) is 4.38. The van der Waals surface area contributed by atoms with Crippen molar-refractivity contribution in [3.8, 4) is 17.1 Å². The van der Waals surface area contributed by atoms with Crippen molar-refractivity contribution in [2.45, 2.75) is 58.2 Å². The molecule has 0 radical (unpaired) electrons. The molecule has 3 aromatic rings. The van der Waals surface area contributed by atoms with E-state index in [1.807, 2.05) is 37.3 Å². The summed E-state index contributed by atoms with van der Waals surface area (Å²) in [5.41, 5.74) is 2.44. The standard InChI is InChI=1S/C26H31N5O5/c1-16-22(36-20-12-8-7-11-19(15-20)25(32)33)14-13-21(27-16)23-24(31(3)30-29-23)28-26(34)35-17(2)18-9-5-4-6-10-18/h4-6,9-10,13-14,17,19-20H,7-8,11-12,15H2,1-3H3,(H,28,34)(H,32,33)/t17-,19?,20?/m1/s1. The average Bonchev–Trinajstić information content (AvgIpc) is 3.05. The Bertz CT molecular complexity index is 1210. The first-order chi connectivity index (χ1) is 17.3. The van der Waals surface area contributed by atoms with Crippen molar-refractivity contribution in [3.05, 3.63) is 53.7 Å². The van der Waals surface area contributed by atoms with Crippen LogP contribution in [-0.4, -0.2) is 43.3 Å². The summed E-state index contributed by atoms with van der Waals surface area (Å²) in [6, 6.07) is 13.0. The third kappa shape index (κ3) is 5.99. The van der Waals surface area contributed by atoms with Gasteiger partial charge in [0.05, 0.1) is 23.4 Å². The summed E-state index contributed by atoms with van der Waals surface area (Å²) >= 11 is 0. The first-order valence-corrected chi connectivity index (χ1v) is 12.1. The Kier molecular flexibility index (Phi) is 7.82. The summed E-state index contributed by atoms with van der Waals surface area (Å²) in [5.74, 6) is -0.198. The number of benzene rings is 1. The van der Waals surface area contributed by atoms with E-state index in [0.29, 0.717) is 41.5 Å². The van der Waals surface area contributed by atoms with E-state index in [9.17, 15) is 14.7 Å². The predicted octanol–water partition coefficient (Wildman–Crippen LogP) is 4.91. The van der Waals surface area contributed by atoms with Crippen LogP contribution in [0.15, 0.2) is 42.5 Å². The van der Waals surface area contributed by atoms with Crippen LogP contribution in [0.2, 0.25) is 0 Å². The molecule has 4 rings (SSSR count). The molecule has 36 heavy (non-hydrogen) atoms. The van der Waals surface area contributed by atoms with E-state index in [0.717, 1.165) is 24.8 Å². The number of carboxylic acids is 1. The highest BCUT2D eigenvalue weighted by atomic mass is 16.6. The number of aryl methyl sites for hydroxylation is 2. The van der Waals surface area contributed by atoms with Gasteiger partial charge in [0, 0.05) is 7.05 Å². The van der Waals surface area contributed by atoms with Crippen LogP contribution in [0.5, 0.6) is 5.75 Å². The van der Waals surface area contributed by atoms with Gasteiger partial charge in [0.25, 0.3) is 0 Å². The Morgan fingerprint density at radius 2 is 1.89 bits per heavy atom. The number of hydrogen-bond donors (Lipinski definition) is 2. The van der Waals surface area contributed by atoms with E-state index in [2.05, 4.69) is 20.6 Å². The number of carboxylic acid groups (broad SMARTS) is 1. The number of aromatic nitrogens is 4. The van der Waals surface area contributed by atoms with Gasteiger partial charge in [-0.05, 0) is 57.2 Å². The molecule has 1 saturated carbocycles. The lowest BCUT2D eigenvalue weighted by molar-refractivity contribution is -0.142.